The van der Waals surface area contributed by atoms with E-state index in [1.807, 2.05) is 0 Å². The van der Waals surface area contributed by atoms with Gasteiger partial charge in [0.2, 0.25) is 11.8 Å². The van der Waals surface area contributed by atoms with Crippen molar-refractivity contribution < 1.29 is 60.2 Å². The van der Waals surface area contributed by atoms with E-state index in [1.54, 1.807) is 12.2 Å². The molecule has 3 fully saturated rings. The lowest BCUT2D eigenvalue weighted by Gasteiger charge is -2.28. The molecule has 4 aromatic rings. The zero-order chi connectivity index (χ0) is 33.2. The third-order valence-corrected chi connectivity index (χ3v) is 10.4. The molecular weight excluding hydrogens is 708 g/mol. The van der Waals surface area contributed by atoms with Gasteiger partial charge in [-0.2, -0.15) is 9.97 Å². The van der Waals surface area contributed by atoms with Crippen molar-refractivity contribution in [2.24, 2.45) is 0 Å². The number of hydrogen-bond donors (Lipinski definition) is 2. The fourth-order valence-corrected chi connectivity index (χ4v) is 8.09. The third-order valence-electron chi connectivity index (χ3n) is 7.85. The van der Waals surface area contributed by atoms with Crippen LogP contribution in [0.25, 0.3) is 22.3 Å². The van der Waals surface area contributed by atoms with E-state index in [9.17, 15) is 14.4 Å². The number of aromatic nitrogens is 8. The fraction of sp³-hybridized carbons (Fsp3) is 0.500. The minimum Gasteiger partial charge on any atom is -0.472 e. The molecule has 0 spiro atoms. The maximum atomic E-state index is 16.2. The molecule has 0 aliphatic carbocycles. The normalized spacial score (nSPS) is 38.0. The SMILES string of the molecule is O=P1(O)OC[C@H]2O[C@@H]3[C@H](F)[C@@H]2O[P@@](O)(=S)OC[C@H]2OC([C@H](F)[C@@H]2O1)n1cnc2c(ncnc21)OC/C=C/COc1ncnc2c1ncn23. The molecule has 48 heavy (non-hydrogen) atoms. The highest BCUT2D eigenvalue weighted by atomic mass is 32.5. The van der Waals surface area contributed by atoms with E-state index in [1.165, 1.54) is 34.4 Å². The highest BCUT2D eigenvalue weighted by Gasteiger charge is 2.54. The van der Waals surface area contributed by atoms with Gasteiger partial charge in [0.05, 0.1) is 25.9 Å². The number of fused-ring (bicyclic) bond motifs is 10. The molecule has 3 saturated heterocycles. The van der Waals surface area contributed by atoms with Gasteiger partial charge < -0.3 is 33.3 Å². The second-order valence-corrected chi connectivity index (χ2v) is 15.0. The summed E-state index contributed by atoms with van der Waals surface area (Å²) in [4.78, 5) is 46.8. The molecule has 9 rings (SSSR count). The molecule has 0 aromatic carbocycles. The van der Waals surface area contributed by atoms with E-state index < -0.39 is 77.0 Å². The first-order chi connectivity index (χ1) is 23.1. The molecule has 5 aliphatic rings. The van der Waals surface area contributed by atoms with Crippen LogP contribution in [0.2, 0.25) is 0 Å². The predicted octanol–water partition coefficient (Wildman–Crippen LogP) is 1.60. The molecule has 24 heteroatoms. The Labute approximate surface area is 272 Å². The molecular formula is C24H24F2N8O11P2S. The highest BCUT2D eigenvalue weighted by Crippen LogP contribution is 2.54. The number of imidazole rings is 2. The molecule has 5 aliphatic heterocycles. The van der Waals surface area contributed by atoms with Crippen LogP contribution in [0.15, 0.2) is 37.5 Å². The molecule has 2 unspecified atom stereocenters. The molecule has 9 heterocycles. The van der Waals surface area contributed by atoms with Gasteiger partial charge in [0, 0.05) is 0 Å². The van der Waals surface area contributed by atoms with E-state index >= 15 is 8.78 Å². The predicted molar refractivity (Wildman–Crippen MR) is 156 cm³/mol. The zero-order valence-corrected chi connectivity index (χ0v) is 26.7. The molecule has 0 radical (unpaired) electrons. The van der Waals surface area contributed by atoms with E-state index in [-0.39, 0.29) is 47.3 Å². The number of phosphoric acid groups is 1. The van der Waals surface area contributed by atoms with Gasteiger partial charge in [-0.25, -0.2) is 33.3 Å². The Kier molecular flexibility index (Phi) is 8.24. The number of ether oxygens (including phenoxy) is 4. The van der Waals surface area contributed by atoms with Gasteiger partial charge in [0.25, 0.3) is 0 Å². The topological polar surface area (TPSA) is 219 Å². The monoisotopic (exact) mass is 732 g/mol. The van der Waals surface area contributed by atoms with Gasteiger partial charge in [-0.3, -0.25) is 22.7 Å². The van der Waals surface area contributed by atoms with Crippen LogP contribution < -0.4 is 9.47 Å². The van der Waals surface area contributed by atoms with Crippen LogP contribution in [0.3, 0.4) is 0 Å². The quantitative estimate of drug-likeness (QED) is 0.194. The maximum absolute atomic E-state index is 16.2. The number of rotatable bonds is 0. The first kappa shape index (κ1) is 32.1. The summed E-state index contributed by atoms with van der Waals surface area (Å²) in [6.07, 6.45) is -5.47. The van der Waals surface area contributed by atoms with Gasteiger partial charge in [0.1, 0.15) is 50.3 Å². The summed E-state index contributed by atoms with van der Waals surface area (Å²) in [5, 5.41) is 0. The summed E-state index contributed by atoms with van der Waals surface area (Å²) < 4.78 is 92.6. The number of halogens is 2. The van der Waals surface area contributed by atoms with Crippen molar-refractivity contribution in [3.63, 3.8) is 0 Å². The van der Waals surface area contributed by atoms with E-state index in [0.717, 1.165) is 0 Å². The van der Waals surface area contributed by atoms with Crippen molar-refractivity contribution in [3.05, 3.63) is 37.5 Å². The van der Waals surface area contributed by atoms with Gasteiger partial charge in [-0.1, -0.05) is 0 Å². The number of hydrogen-bond acceptors (Lipinski definition) is 16. The average Bonchev–Trinajstić information content (AvgIpc) is 3.81. The standard InChI is InChI=1S/C24H24F2N8O11P2S/c25-13-17-12-6-41-47(37,48)45-18-11(5-40-46(35,36)44-17)42-24(14(18)26)34-10-32-16-20(34)28-8-30-22(16)39-4-2-1-3-38-21-15-19(27-7-29-21)33(9-31-15)23(13)43-12/h1-2,7-14,17-18,23-24H,3-6H2,(H,35,36)(H,37,48)/b2-1+/t11-,12-,13-,14-,17-,18-,23?,24-,47+/m1/s1. The summed E-state index contributed by atoms with van der Waals surface area (Å²) in [5.74, 6) is 0.162. The summed E-state index contributed by atoms with van der Waals surface area (Å²) in [5.41, 5.74) is 0.552. The lowest BCUT2D eigenvalue weighted by atomic mass is 10.1. The molecule has 10 atom stereocenters. The highest BCUT2D eigenvalue weighted by molar-refractivity contribution is 8.07. The number of nitrogens with zero attached hydrogens (tertiary/aromatic N) is 8. The van der Waals surface area contributed by atoms with Crippen LogP contribution in [0, 0.1) is 0 Å². The van der Waals surface area contributed by atoms with Crippen LogP contribution in [-0.4, -0.2) is 112 Å². The first-order valence-electron chi connectivity index (χ1n) is 14.2. The second kappa shape index (κ2) is 12.3. The summed E-state index contributed by atoms with van der Waals surface area (Å²) in [6.45, 7) is -5.73. The largest absolute Gasteiger partial charge is 0.472 e. The Morgan fingerprint density at radius 1 is 0.750 bits per heavy atom. The lowest BCUT2D eigenvalue weighted by molar-refractivity contribution is -0.0624. The smallest absolute Gasteiger partial charge is 0.472 e. The van der Waals surface area contributed by atoms with Crippen molar-refractivity contribution in [2.45, 2.75) is 49.2 Å². The van der Waals surface area contributed by atoms with Crippen LogP contribution in [0.1, 0.15) is 12.5 Å². The first-order valence-corrected chi connectivity index (χ1v) is 18.3. The van der Waals surface area contributed by atoms with E-state index in [2.05, 4.69) is 29.9 Å². The number of alkyl halides is 2. The Morgan fingerprint density at radius 2 is 1.25 bits per heavy atom. The van der Waals surface area contributed by atoms with Crippen molar-refractivity contribution >= 4 is 48.7 Å². The van der Waals surface area contributed by atoms with Gasteiger partial charge >= 0.3 is 14.5 Å². The van der Waals surface area contributed by atoms with Crippen LogP contribution in [-0.2, 0) is 43.9 Å². The van der Waals surface area contributed by atoms with Crippen molar-refractivity contribution in [3.8, 4) is 11.8 Å². The minimum atomic E-state index is -5.09. The third kappa shape index (κ3) is 5.79. The Morgan fingerprint density at radius 3 is 1.79 bits per heavy atom. The van der Waals surface area contributed by atoms with Gasteiger partial charge in [0.15, 0.2) is 47.1 Å². The van der Waals surface area contributed by atoms with Gasteiger partial charge in [-0.15, -0.1) is 0 Å². The second-order valence-electron chi connectivity index (χ2n) is 10.8. The number of phosphoric ester groups is 1. The Hall–Kier alpha value is -3.14. The molecule has 19 nitrogen and oxygen atoms in total. The molecule has 256 valence electrons. The van der Waals surface area contributed by atoms with Crippen molar-refractivity contribution in [2.75, 3.05) is 26.4 Å². The molecule has 0 amide bonds. The summed E-state index contributed by atoms with van der Waals surface area (Å²) >= 11 is 5.17. The average molecular weight is 733 g/mol. The maximum Gasteiger partial charge on any atom is 0.472 e. The van der Waals surface area contributed by atoms with Crippen LogP contribution >= 0.6 is 14.5 Å². The fourth-order valence-electron chi connectivity index (χ4n) is 5.69. The Bertz CT molecular complexity index is 1850. The zero-order valence-electron chi connectivity index (χ0n) is 24.1. The summed E-state index contributed by atoms with van der Waals surface area (Å²) in [6, 6.07) is 0. The minimum absolute atomic E-state index is 0.0390. The molecule has 4 aromatic heterocycles. The summed E-state index contributed by atoms with van der Waals surface area (Å²) in [7, 11) is -5.09. The van der Waals surface area contributed by atoms with Gasteiger partial charge in [-0.05, 0) is 24.0 Å². The van der Waals surface area contributed by atoms with E-state index in [4.69, 9.17) is 48.8 Å². The van der Waals surface area contributed by atoms with Crippen molar-refractivity contribution in [1.82, 2.24) is 39.0 Å². The van der Waals surface area contributed by atoms with E-state index in [0.29, 0.717) is 0 Å². The van der Waals surface area contributed by atoms with Crippen LogP contribution in [0.5, 0.6) is 11.8 Å². The molecule has 2 N–H and O–H groups in total. The molecule has 0 saturated carbocycles. The molecule has 14 bridgehead atoms. The van der Waals surface area contributed by atoms with Crippen LogP contribution in [0.4, 0.5) is 8.78 Å². The lowest BCUT2D eigenvalue weighted by Crippen LogP contribution is -2.37. The Balaban J connectivity index is 1.21. The van der Waals surface area contributed by atoms with Crippen molar-refractivity contribution in [1.29, 1.82) is 0 Å².